The van der Waals surface area contributed by atoms with Crippen molar-refractivity contribution in [3.63, 3.8) is 0 Å². The van der Waals surface area contributed by atoms with Gasteiger partial charge in [-0.15, -0.1) is 0 Å². The number of hydrogen-bond acceptors (Lipinski definition) is 0. The molecule has 0 saturated heterocycles. The molecule has 0 saturated carbocycles. The Balaban J connectivity index is 1.35. The van der Waals surface area contributed by atoms with Gasteiger partial charge in [-0.1, -0.05) is 141 Å². The van der Waals surface area contributed by atoms with Crippen LogP contribution in [0, 0.1) is 5.41 Å². The average molecular weight is 503 g/mol. The molecule has 0 N–H and O–H groups in total. The number of fused-ring (bicyclic) bond motifs is 4. The Bertz CT molecular complexity index is 1590. The minimum atomic E-state index is -0.0522. The quantitative estimate of drug-likeness (QED) is 0.217. The zero-order valence-electron chi connectivity index (χ0n) is 22.8. The Morgan fingerprint density at radius 2 is 1.05 bits per heavy atom. The van der Waals surface area contributed by atoms with E-state index in [4.69, 9.17) is 0 Å². The Hall–Kier alpha value is -4.16. The number of allylic oxidation sites excluding steroid dienone is 2. The summed E-state index contributed by atoms with van der Waals surface area (Å²) < 4.78 is 0. The van der Waals surface area contributed by atoms with E-state index in [-0.39, 0.29) is 5.41 Å². The molecule has 0 nitrogen and oxygen atoms in total. The van der Waals surface area contributed by atoms with Crippen molar-refractivity contribution >= 4 is 5.57 Å². The molecule has 0 bridgehead atoms. The molecular formula is C39H34. The van der Waals surface area contributed by atoms with Gasteiger partial charge in [0, 0.05) is 11.3 Å². The predicted octanol–water partition coefficient (Wildman–Crippen LogP) is 9.65. The van der Waals surface area contributed by atoms with Crippen LogP contribution in [0.5, 0.6) is 0 Å². The molecule has 0 unspecified atom stereocenters. The molecular weight excluding hydrogens is 468 g/mol. The second-order valence-electron chi connectivity index (χ2n) is 11.8. The van der Waals surface area contributed by atoms with Crippen LogP contribution in [0.2, 0.25) is 0 Å². The normalized spacial score (nSPS) is 14.1. The first kappa shape index (κ1) is 23.9. The molecule has 7 rings (SSSR count). The van der Waals surface area contributed by atoms with Crippen molar-refractivity contribution < 1.29 is 0 Å². The van der Waals surface area contributed by atoms with Crippen LogP contribution in [0.25, 0.3) is 16.7 Å². The summed E-state index contributed by atoms with van der Waals surface area (Å²) in [6.45, 7) is 4.94. The van der Waals surface area contributed by atoms with Crippen molar-refractivity contribution in [2.24, 2.45) is 5.41 Å². The highest BCUT2D eigenvalue weighted by molar-refractivity contribution is 5.84. The lowest BCUT2D eigenvalue weighted by Crippen LogP contribution is -2.23. The van der Waals surface area contributed by atoms with Gasteiger partial charge >= 0.3 is 0 Å². The van der Waals surface area contributed by atoms with E-state index in [0.29, 0.717) is 5.92 Å². The SMILES string of the molecule is CC(C)(C1=CCc2ccccc21)C1c2cc(Cc3ccccc3)ccc2-c2ccc(Cc3ccccc3)cc21. The fourth-order valence-electron chi connectivity index (χ4n) is 7.07. The largest absolute Gasteiger partial charge is 0.0757 e. The Kier molecular flexibility index (Phi) is 5.85. The number of benzene rings is 5. The Labute approximate surface area is 232 Å². The average Bonchev–Trinajstić information content (AvgIpc) is 3.54. The zero-order chi connectivity index (χ0) is 26.4. The van der Waals surface area contributed by atoms with E-state index in [2.05, 4.69) is 141 Å². The maximum Gasteiger partial charge on any atom is 0.0194 e. The molecule has 0 aromatic heterocycles. The van der Waals surface area contributed by atoms with E-state index in [9.17, 15) is 0 Å². The number of hydrogen-bond donors (Lipinski definition) is 0. The van der Waals surface area contributed by atoms with Crippen molar-refractivity contribution in [1.29, 1.82) is 0 Å². The lowest BCUT2D eigenvalue weighted by molar-refractivity contribution is 0.442. The van der Waals surface area contributed by atoms with Gasteiger partial charge in [-0.2, -0.15) is 0 Å². The highest BCUT2D eigenvalue weighted by Crippen LogP contribution is 2.58. The first-order valence-electron chi connectivity index (χ1n) is 14.2. The molecule has 0 amide bonds. The van der Waals surface area contributed by atoms with Crippen molar-refractivity contribution in [2.75, 3.05) is 0 Å². The van der Waals surface area contributed by atoms with Gasteiger partial charge in [-0.05, 0) is 80.5 Å². The van der Waals surface area contributed by atoms with Crippen LogP contribution in [0.15, 0.2) is 127 Å². The van der Waals surface area contributed by atoms with Crippen molar-refractivity contribution in [2.45, 2.75) is 39.0 Å². The Morgan fingerprint density at radius 3 is 1.62 bits per heavy atom. The molecule has 0 spiro atoms. The van der Waals surface area contributed by atoms with E-state index >= 15 is 0 Å². The minimum Gasteiger partial charge on any atom is -0.0757 e. The lowest BCUT2D eigenvalue weighted by atomic mass is 9.67. The van der Waals surface area contributed by atoms with E-state index in [1.54, 1.807) is 0 Å². The van der Waals surface area contributed by atoms with Gasteiger partial charge in [0.1, 0.15) is 0 Å². The van der Waals surface area contributed by atoms with Gasteiger partial charge in [0.05, 0.1) is 0 Å². The third-order valence-electron chi connectivity index (χ3n) is 8.90. The van der Waals surface area contributed by atoms with Crippen LogP contribution >= 0.6 is 0 Å². The third-order valence-corrected chi connectivity index (χ3v) is 8.90. The summed E-state index contributed by atoms with van der Waals surface area (Å²) in [4.78, 5) is 0. The van der Waals surface area contributed by atoms with E-state index in [0.717, 1.165) is 19.3 Å². The molecule has 2 aliphatic carbocycles. The summed E-state index contributed by atoms with van der Waals surface area (Å²) >= 11 is 0. The molecule has 190 valence electrons. The number of rotatable bonds is 6. The monoisotopic (exact) mass is 502 g/mol. The molecule has 5 aromatic rings. The molecule has 2 aliphatic rings. The summed E-state index contributed by atoms with van der Waals surface area (Å²) in [5.74, 6) is 0.298. The molecule has 0 aliphatic heterocycles. The highest BCUT2D eigenvalue weighted by Gasteiger charge is 2.43. The van der Waals surface area contributed by atoms with Crippen LogP contribution < -0.4 is 0 Å². The first-order valence-corrected chi connectivity index (χ1v) is 14.2. The first-order chi connectivity index (χ1) is 19.1. The van der Waals surface area contributed by atoms with Gasteiger partial charge < -0.3 is 0 Å². The molecule has 0 fully saturated rings. The third kappa shape index (κ3) is 4.25. The van der Waals surface area contributed by atoms with Gasteiger partial charge in [0.2, 0.25) is 0 Å². The molecule has 0 heterocycles. The van der Waals surface area contributed by atoms with Crippen LogP contribution in [0.1, 0.15) is 64.3 Å². The van der Waals surface area contributed by atoms with Gasteiger partial charge in [-0.25, -0.2) is 0 Å². The fourth-order valence-corrected chi connectivity index (χ4v) is 7.07. The maximum absolute atomic E-state index is 2.51. The fraction of sp³-hybridized carbons (Fsp3) is 0.179. The summed E-state index contributed by atoms with van der Waals surface area (Å²) in [6, 6.07) is 45.2. The summed E-state index contributed by atoms with van der Waals surface area (Å²) in [7, 11) is 0. The Morgan fingerprint density at radius 1 is 0.538 bits per heavy atom. The van der Waals surface area contributed by atoms with Crippen LogP contribution in [0.3, 0.4) is 0 Å². The molecule has 0 heteroatoms. The topological polar surface area (TPSA) is 0 Å². The molecule has 5 aromatic carbocycles. The van der Waals surface area contributed by atoms with E-state index in [1.165, 1.54) is 61.2 Å². The van der Waals surface area contributed by atoms with Gasteiger partial charge in [0.25, 0.3) is 0 Å². The standard InChI is InChI=1S/C39H34/c1-39(2,37-22-19-31-15-9-10-16-32(31)37)38-35-25-29(23-27-11-5-3-6-12-27)17-20-33(35)34-21-18-30(26-36(34)38)24-28-13-7-4-8-14-28/h3-18,20-22,25-26,38H,19,23-24H2,1-2H3. The van der Waals surface area contributed by atoms with Crippen molar-refractivity contribution in [1.82, 2.24) is 0 Å². The minimum absolute atomic E-state index is 0.0522. The highest BCUT2D eigenvalue weighted by atomic mass is 14.5. The second kappa shape index (κ2) is 9.54. The van der Waals surface area contributed by atoms with Gasteiger partial charge in [0.15, 0.2) is 0 Å². The van der Waals surface area contributed by atoms with Crippen LogP contribution in [-0.2, 0) is 19.3 Å². The maximum atomic E-state index is 2.51. The summed E-state index contributed by atoms with van der Waals surface area (Å²) in [6.07, 6.45) is 5.44. The molecule has 0 radical (unpaired) electrons. The van der Waals surface area contributed by atoms with Crippen molar-refractivity contribution in [3.8, 4) is 11.1 Å². The summed E-state index contributed by atoms with van der Waals surface area (Å²) in [5.41, 5.74) is 15.6. The predicted molar refractivity (Wildman–Crippen MR) is 164 cm³/mol. The van der Waals surface area contributed by atoms with E-state index in [1.807, 2.05) is 0 Å². The zero-order valence-corrected chi connectivity index (χ0v) is 22.8. The van der Waals surface area contributed by atoms with Crippen LogP contribution in [-0.4, -0.2) is 0 Å². The van der Waals surface area contributed by atoms with Gasteiger partial charge in [-0.3, -0.25) is 0 Å². The van der Waals surface area contributed by atoms with Crippen LogP contribution in [0.4, 0.5) is 0 Å². The smallest absolute Gasteiger partial charge is 0.0194 e. The summed E-state index contributed by atoms with van der Waals surface area (Å²) in [5, 5.41) is 0. The lowest BCUT2D eigenvalue weighted by Gasteiger charge is -2.36. The molecule has 39 heavy (non-hydrogen) atoms. The van der Waals surface area contributed by atoms with E-state index < -0.39 is 0 Å². The molecule has 0 atom stereocenters. The second-order valence-corrected chi connectivity index (χ2v) is 11.8. The van der Waals surface area contributed by atoms with Crippen molar-refractivity contribution in [3.05, 3.63) is 172 Å².